The van der Waals surface area contributed by atoms with E-state index in [4.69, 9.17) is 0 Å². The summed E-state index contributed by atoms with van der Waals surface area (Å²) in [5.74, 6) is 1.01. The van der Waals surface area contributed by atoms with Gasteiger partial charge in [-0.05, 0) is 25.3 Å². The molecule has 0 saturated heterocycles. The van der Waals surface area contributed by atoms with Crippen LogP contribution in [0.15, 0.2) is 0 Å². The molecule has 0 spiro atoms. The first-order valence-corrected chi connectivity index (χ1v) is 4.11. The van der Waals surface area contributed by atoms with Crippen molar-refractivity contribution in [3.8, 4) is 0 Å². The zero-order valence-corrected chi connectivity index (χ0v) is 7.26. The largest absolute Gasteiger partial charge is 0.348 e. The van der Waals surface area contributed by atoms with Crippen LogP contribution in [0.3, 0.4) is 0 Å². The first-order chi connectivity index (χ1) is 5.20. The maximum absolute atomic E-state index is 11.0. The van der Waals surface area contributed by atoms with Gasteiger partial charge in [-0.25, -0.2) is 0 Å². The summed E-state index contributed by atoms with van der Waals surface area (Å²) in [6.07, 6.45) is 2.67. The molecule has 0 aromatic rings. The number of hydrogen-bond donors (Lipinski definition) is 1. The van der Waals surface area contributed by atoms with E-state index in [1.54, 1.807) is 19.0 Å². The van der Waals surface area contributed by atoms with Gasteiger partial charge in [0.05, 0.1) is 6.54 Å². The van der Waals surface area contributed by atoms with Crippen molar-refractivity contribution in [2.24, 2.45) is 5.92 Å². The summed E-state index contributed by atoms with van der Waals surface area (Å²) in [5, 5.41) is 3.14. The number of amides is 1. The van der Waals surface area contributed by atoms with Gasteiger partial charge in [-0.2, -0.15) is 0 Å². The molecular weight excluding hydrogens is 140 g/mol. The van der Waals surface area contributed by atoms with Crippen molar-refractivity contribution in [2.45, 2.75) is 12.8 Å². The average molecular weight is 156 g/mol. The van der Waals surface area contributed by atoms with Crippen LogP contribution in [0.1, 0.15) is 12.8 Å². The van der Waals surface area contributed by atoms with Crippen LogP contribution in [0.2, 0.25) is 0 Å². The Hall–Kier alpha value is -0.570. The van der Waals surface area contributed by atoms with Crippen LogP contribution in [-0.2, 0) is 4.79 Å². The molecular formula is C8H16N2O. The minimum absolute atomic E-state index is 0.158. The molecule has 0 aliphatic heterocycles. The summed E-state index contributed by atoms with van der Waals surface area (Å²) in [6, 6.07) is 0. The molecule has 0 bridgehead atoms. The second-order valence-electron chi connectivity index (χ2n) is 3.36. The molecule has 11 heavy (non-hydrogen) atoms. The van der Waals surface area contributed by atoms with Crippen LogP contribution < -0.4 is 5.32 Å². The van der Waals surface area contributed by atoms with Gasteiger partial charge >= 0.3 is 0 Å². The van der Waals surface area contributed by atoms with E-state index < -0.39 is 0 Å². The highest BCUT2D eigenvalue weighted by Gasteiger charge is 2.20. The highest BCUT2D eigenvalue weighted by molar-refractivity contribution is 5.77. The number of carbonyl (C=O) groups is 1. The van der Waals surface area contributed by atoms with E-state index in [1.807, 2.05) is 0 Å². The third kappa shape index (κ3) is 3.37. The molecule has 0 aromatic heterocycles. The fourth-order valence-electron chi connectivity index (χ4n) is 0.863. The summed E-state index contributed by atoms with van der Waals surface area (Å²) in [5.41, 5.74) is 0. The average Bonchev–Trinajstić information content (AvgIpc) is 2.71. The molecule has 0 aromatic carbocycles. The first-order valence-electron chi connectivity index (χ1n) is 4.11. The monoisotopic (exact) mass is 156 g/mol. The van der Waals surface area contributed by atoms with Gasteiger partial charge in [-0.1, -0.05) is 0 Å². The van der Waals surface area contributed by atoms with E-state index in [2.05, 4.69) is 5.32 Å². The van der Waals surface area contributed by atoms with Gasteiger partial charge in [0.25, 0.3) is 0 Å². The predicted molar refractivity (Wildman–Crippen MR) is 44.3 cm³/mol. The molecule has 3 heteroatoms. The van der Waals surface area contributed by atoms with Crippen molar-refractivity contribution in [2.75, 3.05) is 27.2 Å². The molecule has 64 valence electrons. The highest BCUT2D eigenvalue weighted by Crippen LogP contribution is 2.27. The van der Waals surface area contributed by atoms with Gasteiger partial charge in [-0.3, -0.25) is 4.79 Å². The van der Waals surface area contributed by atoms with E-state index in [1.165, 1.54) is 12.8 Å². The maximum atomic E-state index is 11.0. The second-order valence-corrected chi connectivity index (χ2v) is 3.36. The molecule has 1 rings (SSSR count). The second kappa shape index (κ2) is 3.72. The zero-order chi connectivity index (χ0) is 8.27. The predicted octanol–water partition coefficient (Wildman–Crippen LogP) is 0.0742. The normalized spacial score (nSPS) is 16.5. The van der Waals surface area contributed by atoms with Crippen molar-refractivity contribution in [1.82, 2.24) is 10.2 Å². The Labute approximate surface area is 67.8 Å². The van der Waals surface area contributed by atoms with Gasteiger partial charge in [-0.15, -0.1) is 0 Å². The molecule has 1 N–H and O–H groups in total. The van der Waals surface area contributed by atoms with Gasteiger partial charge in [0.2, 0.25) is 5.91 Å². The lowest BCUT2D eigenvalue weighted by Gasteiger charge is -2.10. The van der Waals surface area contributed by atoms with Crippen LogP contribution in [-0.4, -0.2) is 38.0 Å². The minimum Gasteiger partial charge on any atom is -0.348 e. The van der Waals surface area contributed by atoms with Crippen LogP contribution >= 0.6 is 0 Å². The summed E-state index contributed by atoms with van der Waals surface area (Å²) in [4.78, 5) is 12.6. The van der Waals surface area contributed by atoms with E-state index in [0.29, 0.717) is 6.54 Å². The number of nitrogens with one attached hydrogen (secondary N) is 1. The van der Waals surface area contributed by atoms with Gasteiger partial charge in [0.1, 0.15) is 0 Å². The fraction of sp³-hybridized carbons (Fsp3) is 0.875. The topological polar surface area (TPSA) is 32.3 Å². The quantitative estimate of drug-likeness (QED) is 0.625. The van der Waals surface area contributed by atoms with Crippen LogP contribution in [0.25, 0.3) is 0 Å². The molecule has 0 heterocycles. The molecule has 0 unspecified atom stereocenters. The Kier molecular flexibility index (Phi) is 2.88. The van der Waals surface area contributed by atoms with Crippen LogP contribution in [0, 0.1) is 5.92 Å². The zero-order valence-electron chi connectivity index (χ0n) is 7.26. The molecule has 3 nitrogen and oxygen atoms in total. The van der Waals surface area contributed by atoms with E-state index in [0.717, 1.165) is 12.5 Å². The fourth-order valence-corrected chi connectivity index (χ4v) is 0.863. The maximum Gasteiger partial charge on any atom is 0.236 e. The molecule has 0 radical (unpaired) electrons. The molecule has 1 aliphatic rings. The molecule has 1 saturated carbocycles. The minimum atomic E-state index is 0.158. The smallest absolute Gasteiger partial charge is 0.236 e. The Morgan fingerprint density at radius 1 is 1.55 bits per heavy atom. The van der Waals surface area contributed by atoms with Crippen molar-refractivity contribution in [1.29, 1.82) is 0 Å². The lowest BCUT2D eigenvalue weighted by atomic mass is 10.4. The first kappa shape index (κ1) is 8.53. The van der Waals surface area contributed by atoms with Gasteiger partial charge < -0.3 is 10.2 Å². The molecule has 1 fully saturated rings. The number of rotatable bonds is 4. The van der Waals surface area contributed by atoms with Crippen molar-refractivity contribution in [3.05, 3.63) is 0 Å². The molecule has 0 atom stereocenters. The molecule has 1 aliphatic carbocycles. The standard InChI is InChI=1S/C8H16N2O/c1-10(2)8(11)6-9-5-7-3-4-7/h7,9H,3-6H2,1-2H3. The lowest BCUT2D eigenvalue weighted by molar-refractivity contribution is -0.127. The summed E-state index contributed by atoms with van der Waals surface area (Å²) in [7, 11) is 3.56. The number of hydrogen-bond acceptors (Lipinski definition) is 2. The number of carbonyl (C=O) groups excluding carboxylic acids is 1. The highest BCUT2D eigenvalue weighted by atomic mass is 16.2. The van der Waals surface area contributed by atoms with Gasteiger partial charge in [0, 0.05) is 14.1 Å². The number of nitrogens with zero attached hydrogens (tertiary/aromatic N) is 1. The van der Waals surface area contributed by atoms with Gasteiger partial charge in [0.15, 0.2) is 0 Å². The lowest BCUT2D eigenvalue weighted by Crippen LogP contribution is -2.33. The van der Waals surface area contributed by atoms with Crippen molar-refractivity contribution in [3.63, 3.8) is 0 Å². The summed E-state index contributed by atoms with van der Waals surface area (Å²) >= 11 is 0. The van der Waals surface area contributed by atoms with Crippen molar-refractivity contribution >= 4 is 5.91 Å². The number of likely N-dealkylation sites (N-methyl/N-ethyl adjacent to an activating group) is 1. The third-order valence-electron chi connectivity index (χ3n) is 1.90. The SMILES string of the molecule is CN(C)C(=O)CNCC1CC1. The summed E-state index contributed by atoms with van der Waals surface area (Å²) < 4.78 is 0. The third-order valence-corrected chi connectivity index (χ3v) is 1.90. The van der Waals surface area contributed by atoms with Crippen LogP contribution in [0.5, 0.6) is 0 Å². The Morgan fingerprint density at radius 2 is 2.18 bits per heavy atom. The molecule has 1 amide bonds. The Morgan fingerprint density at radius 3 is 2.64 bits per heavy atom. The Balaban J connectivity index is 1.96. The van der Waals surface area contributed by atoms with E-state index in [-0.39, 0.29) is 5.91 Å². The van der Waals surface area contributed by atoms with E-state index >= 15 is 0 Å². The van der Waals surface area contributed by atoms with Crippen molar-refractivity contribution < 1.29 is 4.79 Å². The van der Waals surface area contributed by atoms with E-state index in [9.17, 15) is 4.79 Å². The van der Waals surface area contributed by atoms with Crippen LogP contribution in [0.4, 0.5) is 0 Å². The summed E-state index contributed by atoms with van der Waals surface area (Å²) in [6.45, 7) is 1.50. The Bertz CT molecular complexity index is 141.